The lowest BCUT2D eigenvalue weighted by atomic mass is 9.99. The number of rotatable bonds is 37. The molecule has 0 radical (unpaired) electrons. The Balaban J connectivity index is 2.27. The van der Waals surface area contributed by atoms with E-state index >= 15 is 0 Å². The molecule has 51 heavy (non-hydrogen) atoms. The number of hydrogen-bond acceptors (Lipinski definition) is 9. The van der Waals surface area contributed by atoms with Crippen molar-refractivity contribution in [2.75, 3.05) is 26.4 Å². The van der Waals surface area contributed by atoms with Crippen LogP contribution in [0.4, 0.5) is 0 Å². The highest BCUT2D eigenvalue weighted by Crippen LogP contribution is 2.23. The van der Waals surface area contributed by atoms with Crippen molar-refractivity contribution in [1.82, 2.24) is 0 Å². The molecule has 0 aromatic carbocycles. The van der Waals surface area contributed by atoms with Gasteiger partial charge in [-0.3, -0.25) is 4.79 Å². The van der Waals surface area contributed by atoms with E-state index < -0.39 is 43.4 Å². The molecule has 1 aliphatic rings. The van der Waals surface area contributed by atoms with Gasteiger partial charge in [0.2, 0.25) is 0 Å². The molecule has 6 unspecified atom stereocenters. The zero-order chi connectivity index (χ0) is 37.2. The van der Waals surface area contributed by atoms with Gasteiger partial charge in [0.05, 0.1) is 19.8 Å². The van der Waals surface area contributed by atoms with Gasteiger partial charge in [0.1, 0.15) is 30.5 Å². The quantitative estimate of drug-likeness (QED) is 0.0365. The SMILES string of the molecule is CCCCCCCCCCCCCCCCOCC(COC1OC(CO)C(O)C(O)C1O)OC(=O)CCCCCCCCCCCCCCCC. The summed E-state index contributed by atoms with van der Waals surface area (Å²) < 4.78 is 22.8. The van der Waals surface area contributed by atoms with E-state index in [1.54, 1.807) is 0 Å². The van der Waals surface area contributed by atoms with Crippen molar-refractivity contribution >= 4 is 5.97 Å². The molecule has 4 N–H and O–H groups in total. The molecule has 6 atom stereocenters. The van der Waals surface area contributed by atoms with Crippen LogP contribution in [0.3, 0.4) is 0 Å². The van der Waals surface area contributed by atoms with E-state index in [4.69, 9.17) is 18.9 Å². The second-order valence-corrected chi connectivity index (χ2v) is 15.2. The molecule has 0 aliphatic carbocycles. The molecule has 0 amide bonds. The Bertz CT molecular complexity index is 752. The molecule has 1 heterocycles. The summed E-state index contributed by atoms with van der Waals surface area (Å²) in [5, 5.41) is 40.0. The van der Waals surface area contributed by atoms with Crippen molar-refractivity contribution in [2.45, 2.75) is 237 Å². The molecule has 9 nitrogen and oxygen atoms in total. The Morgan fingerprint density at radius 1 is 0.549 bits per heavy atom. The summed E-state index contributed by atoms with van der Waals surface area (Å²) in [4.78, 5) is 12.7. The first-order valence-corrected chi connectivity index (χ1v) is 21.6. The monoisotopic (exact) mass is 731 g/mol. The highest BCUT2D eigenvalue weighted by molar-refractivity contribution is 5.69. The number of esters is 1. The van der Waals surface area contributed by atoms with Gasteiger partial charge in [0.15, 0.2) is 6.29 Å². The standard InChI is InChI=1S/C42H82O9/c1-3-5-7-9-11-13-15-17-19-21-23-25-27-29-31-38(44)50-36(35-49-42-41(47)40(46)39(45)37(33-43)51-42)34-48-32-30-28-26-24-22-20-18-16-14-12-10-8-6-4-2/h36-37,39-43,45-47H,3-35H2,1-2H3. The van der Waals surface area contributed by atoms with Crippen LogP contribution in [0.2, 0.25) is 0 Å². The maximum atomic E-state index is 12.7. The van der Waals surface area contributed by atoms with Gasteiger partial charge in [-0.2, -0.15) is 0 Å². The summed E-state index contributed by atoms with van der Waals surface area (Å²) in [6, 6.07) is 0. The lowest BCUT2D eigenvalue weighted by molar-refractivity contribution is -0.305. The van der Waals surface area contributed by atoms with Crippen molar-refractivity contribution in [2.24, 2.45) is 0 Å². The summed E-state index contributed by atoms with van der Waals surface area (Å²) in [6.45, 7) is 4.59. The minimum absolute atomic E-state index is 0.105. The number of carbonyl (C=O) groups excluding carboxylic acids is 1. The van der Waals surface area contributed by atoms with E-state index in [0.29, 0.717) is 13.0 Å². The van der Waals surface area contributed by atoms with Crippen LogP contribution in [0.5, 0.6) is 0 Å². The molecular weight excluding hydrogens is 648 g/mol. The highest BCUT2D eigenvalue weighted by atomic mass is 16.7. The van der Waals surface area contributed by atoms with E-state index in [9.17, 15) is 25.2 Å². The second kappa shape index (κ2) is 34.9. The van der Waals surface area contributed by atoms with Gasteiger partial charge in [-0.25, -0.2) is 0 Å². The Morgan fingerprint density at radius 2 is 0.961 bits per heavy atom. The molecule has 9 heteroatoms. The number of ether oxygens (including phenoxy) is 4. The molecule has 1 fully saturated rings. The summed E-state index contributed by atoms with van der Waals surface area (Å²) in [6.07, 6.45) is 28.3. The molecule has 1 saturated heterocycles. The smallest absolute Gasteiger partial charge is 0.306 e. The first-order chi connectivity index (χ1) is 24.9. The van der Waals surface area contributed by atoms with Gasteiger partial charge < -0.3 is 39.4 Å². The van der Waals surface area contributed by atoms with E-state index in [0.717, 1.165) is 32.1 Å². The topological polar surface area (TPSA) is 135 Å². The molecule has 304 valence electrons. The molecule has 0 bridgehead atoms. The van der Waals surface area contributed by atoms with E-state index in [1.807, 2.05) is 0 Å². The molecule has 1 rings (SSSR count). The van der Waals surface area contributed by atoms with Crippen LogP contribution in [0, 0.1) is 0 Å². The van der Waals surface area contributed by atoms with Crippen LogP contribution in [0.1, 0.15) is 200 Å². The van der Waals surface area contributed by atoms with Gasteiger partial charge >= 0.3 is 5.97 Å². The van der Waals surface area contributed by atoms with Crippen molar-refractivity contribution < 1.29 is 44.2 Å². The summed E-state index contributed by atoms with van der Waals surface area (Å²) in [5.41, 5.74) is 0. The van der Waals surface area contributed by atoms with Gasteiger partial charge in [-0.1, -0.05) is 181 Å². The van der Waals surface area contributed by atoms with Crippen LogP contribution >= 0.6 is 0 Å². The maximum Gasteiger partial charge on any atom is 0.306 e. The third-order valence-electron chi connectivity index (χ3n) is 10.3. The average molecular weight is 731 g/mol. The number of aliphatic hydroxyl groups is 4. The summed E-state index contributed by atoms with van der Waals surface area (Å²) in [7, 11) is 0. The molecule has 0 spiro atoms. The fourth-order valence-corrected chi connectivity index (χ4v) is 6.85. The number of aliphatic hydroxyl groups excluding tert-OH is 4. The molecule has 0 aromatic heterocycles. The first-order valence-electron chi connectivity index (χ1n) is 21.6. The fraction of sp³-hybridized carbons (Fsp3) is 0.976. The number of hydrogen-bond donors (Lipinski definition) is 4. The average Bonchev–Trinajstić information content (AvgIpc) is 3.13. The van der Waals surface area contributed by atoms with Crippen molar-refractivity contribution in [3.8, 4) is 0 Å². The third kappa shape index (κ3) is 26.6. The van der Waals surface area contributed by atoms with Crippen molar-refractivity contribution in [3.05, 3.63) is 0 Å². The zero-order valence-electron chi connectivity index (χ0n) is 33.1. The minimum atomic E-state index is -1.53. The Kier molecular flexibility index (Phi) is 33.0. The predicted octanol–water partition coefficient (Wildman–Crippen LogP) is 9.08. The van der Waals surface area contributed by atoms with E-state index in [2.05, 4.69) is 13.8 Å². The van der Waals surface area contributed by atoms with Crippen LogP contribution in [-0.4, -0.2) is 89.6 Å². The maximum absolute atomic E-state index is 12.7. The minimum Gasteiger partial charge on any atom is -0.457 e. The lowest BCUT2D eigenvalue weighted by Crippen LogP contribution is -2.59. The van der Waals surface area contributed by atoms with Crippen LogP contribution in [-0.2, 0) is 23.7 Å². The fourth-order valence-electron chi connectivity index (χ4n) is 6.85. The van der Waals surface area contributed by atoms with Crippen molar-refractivity contribution in [3.63, 3.8) is 0 Å². The summed E-state index contributed by atoms with van der Waals surface area (Å²) >= 11 is 0. The normalized spacial score (nSPS) is 21.3. The van der Waals surface area contributed by atoms with Gasteiger partial charge in [-0.15, -0.1) is 0 Å². The van der Waals surface area contributed by atoms with E-state index in [-0.39, 0.29) is 19.2 Å². The largest absolute Gasteiger partial charge is 0.457 e. The predicted molar refractivity (Wildman–Crippen MR) is 206 cm³/mol. The first kappa shape index (κ1) is 48.2. The highest BCUT2D eigenvalue weighted by Gasteiger charge is 2.44. The molecule has 1 aliphatic heterocycles. The Labute approximate surface area is 312 Å². The Morgan fingerprint density at radius 3 is 1.39 bits per heavy atom. The van der Waals surface area contributed by atoms with Crippen molar-refractivity contribution in [1.29, 1.82) is 0 Å². The van der Waals surface area contributed by atoms with Gasteiger partial charge in [-0.05, 0) is 12.8 Å². The van der Waals surface area contributed by atoms with Gasteiger partial charge in [0, 0.05) is 13.0 Å². The van der Waals surface area contributed by atoms with Crippen LogP contribution < -0.4 is 0 Å². The number of carbonyl (C=O) groups is 1. The molecule has 0 saturated carbocycles. The second-order valence-electron chi connectivity index (χ2n) is 15.2. The third-order valence-corrected chi connectivity index (χ3v) is 10.3. The Hall–Kier alpha value is -0.810. The molecular formula is C42H82O9. The van der Waals surface area contributed by atoms with Crippen LogP contribution in [0.15, 0.2) is 0 Å². The van der Waals surface area contributed by atoms with E-state index in [1.165, 1.54) is 148 Å². The van der Waals surface area contributed by atoms with Gasteiger partial charge in [0.25, 0.3) is 0 Å². The molecule has 0 aromatic rings. The van der Waals surface area contributed by atoms with Crippen LogP contribution in [0.25, 0.3) is 0 Å². The lowest BCUT2D eigenvalue weighted by Gasteiger charge is -2.39. The zero-order valence-corrected chi connectivity index (χ0v) is 33.1. The summed E-state index contributed by atoms with van der Waals surface area (Å²) in [5.74, 6) is -0.309. The number of unbranched alkanes of at least 4 members (excludes halogenated alkanes) is 26.